The van der Waals surface area contributed by atoms with Crippen LogP contribution in [0.15, 0.2) is 5.16 Å². The number of hydrogen-bond donors (Lipinski definition) is 1. The molecule has 0 saturated carbocycles. The van der Waals surface area contributed by atoms with Crippen molar-refractivity contribution in [2.24, 2.45) is 0 Å². The van der Waals surface area contributed by atoms with E-state index >= 15 is 0 Å². The zero-order chi connectivity index (χ0) is 17.9. The summed E-state index contributed by atoms with van der Waals surface area (Å²) in [6.45, 7) is 1.78. The van der Waals surface area contributed by atoms with Crippen LogP contribution < -0.4 is 5.73 Å². The highest BCUT2D eigenvalue weighted by atomic mass is 32.2. The van der Waals surface area contributed by atoms with Gasteiger partial charge >= 0.3 is 0 Å². The van der Waals surface area contributed by atoms with E-state index in [1.807, 2.05) is 4.90 Å². The molecule has 0 bridgehead atoms. The number of amides is 1. The van der Waals surface area contributed by atoms with Gasteiger partial charge in [0.1, 0.15) is 10.6 Å². The summed E-state index contributed by atoms with van der Waals surface area (Å²) < 4.78 is 0. The van der Waals surface area contributed by atoms with Gasteiger partial charge in [-0.15, -0.1) is 11.3 Å². The lowest BCUT2D eigenvalue weighted by Crippen LogP contribution is -2.35. The summed E-state index contributed by atoms with van der Waals surface area (Å²) in [7, 11) is 0. The minimum absolute atomic E-state index is 0.199. The summed E-state index contributed by atoms with van der Waals surface area (Å²) in [6, 6.07) is 0. The third kappa shape index (κ3) is 3.83. The van der Waals surface area contributed by atoms with Crippen molar-refractivity contribution in [3.05, 3.63) is 10.4 Å². The van der Waals surface area contributed by atoms with Crippen LogP contribution in [0.1, 0.15) is 55.4 Å². The molecule has 2 aromatic rings. The molecule has 1 amide bonds. The molecule has 26 heavy (non-hydrogen) atoms. The molecule has 0 spiro atoms. The number of thiophene rings is 1. The van der Waals surface area contributed by atoms with Crippen LogP contribution in [0.3, 0.4) is 0 Å². The van der Waals surface area contributed by atoms with Gasteiger partial charge in [0, 0.05) is 18.0 Å². The van der Waals surface area contributed by atoms with Crippen molar-refractivity contribution in [2.75, 3.05) is 24.6 Å². The number of hydrogen-bond acceptors (Lipinski definition) is 6. The van der Waals surface area contributed by atoms with Crippen LogP contribution in [0, 0.1) is 0 Å². The number of rotatable bonds is 3. The van der Waals surface area contributed by atoms with Crippen molar-refractivity contribution in [3.63, 3.8) is 0 Å². The van der Waals surface area contributed by atoms with E-state index < -0.39 is 0 Å². The quantitative estimate of drug-likeness (QED) is 0.633. The first-order valence-electron chi connectivity index (χ1n) is 9.70. The molecule has 5 nitrogen and oxygen atoms in total. The average Bonchev–Trinajstić information content (AvgIpc) is 2.98. The molecule has 2 N–H and O–H groups in total. The topological polar surface area (TPSA) is 72.1 Å². The van der Waals surface area contributed by atoms with Crippen molar-refractivity contribution in [1.82, 2.24) is 14.9 Å². The van der Waals surface area contributed by atoms with Gasteiger partial charge in [-0.05, 0) is 44.1 Å². The fourth-order valence-electron chi connectivity index (χ4n) is 3.94. The maximum absolute atomic E-state index is 12.6. The van der Waals surface area contributed by atoms with Gasteiger partial charge in [0.25, 0.3) is 0 Å². The van der Waals surface area contributed by atoms with Gasteiger partial charge in [0.2, 0.25) is 5.91 Å². The molecule has 7 heteroatoms. The van der Waals surface area contributed by atoms with E-state index in [9.17, 15) is 4.79 Å². The SMILES string of the molecule is Nc1nc(SCC(=O)N2CCCCCCC2)nc2sc3c(c12)CCCC3. The van der Waals surface area contributed by atoms with Crippen LogP contribution in [-0.2, 0) is 17.6 Å². The molecule has 3 heterocycles. The van der Waals surface area contributed by atoms with E-state index in [0.717, 1.165) is 49.0 Å². The summed E-state index contributed by atoms with van der Waals surface area (Å²) in [5.74, 6) is 1.18. The number of nitrogens with two attached hydrogens (primary N) is 1. The van der Waals surface area contributed by atoms with Crippen LogP contribution >= 0.6 is 23.1 Å². The number of carbonyl (C=O) groups is 1. The highest BCUT2D eigenvalue weighted by Crippen LogP contribution is 2.38. The second-order valence-electron chi connectivity index (χ2n) is 7.22. The van der Waals surface area contributed by atoms with Gasteiger partial charge in [0.05, 0.1) is 11.1 Å². The maximum Gasteiger partial charge on any atom is 0.233 e. The van der Waals surface area contributed by atoms with Gasteiger partial charge in [-0.2, -0.15) is 0 Å². The Labute approximate surface area is 162 Å². The van der Waals surface area contributed by atoms with Crippen LogP contribution in [0.25, 0.3) is 10.2 Å². The Kier molecular flexibility index (Phi) is 5.64. The lowest BCUT2D eigenvalue weighted by Gasteiger charge is -2.24. The molecule has 1 aliphatic carbocycles. The Morgan fingerprint density at radius 1 is 1.04 bits per heavy atom. The molecule has 0 unspecified atom stereocenters. The number of likely N-dealkylation sites (tertiary alicyclic amines) is 1. The van der Waals surface area contributed by atoms with Crippen LogP contribution in [0.4, 0.5) is 5.82 Å². The van der Waals surface area contributed by atoms with E-state index in [1.54, 1.807) is 11.3 Å². The highest BCUT2D eigenvalue weighted by molar-refractivity contribution is 7.99. The second-order valence-corrected chi connectivity index (χ2v) is 9.25. The monoisotopic (exact) mass is 390 g/mol. The number of carbonyl (C=O) groups excluding carboxylic acids is 1. The highest BCUT2D eigenvalue weighted by Gasteiger charge is 2.21. The number of aryl methyl sites for hydroxylation is 2. The summed E-state index contributed by atoms with van der Waals surface area (Å²) in [5, 5.41) is 1.69. The number of nitrogens with zero attached hydrogens (tertiary/aromatic N) is 3. The number of aromatic nitrogens is 2. The predicted octanol–water partition coefficient (Wildman–Crippen LogP) is 4.04. The summed E-state index contributed by atoms with van der Waals surface area (Å²) >= 11 is 3.18. The van der Waals surface area contributed by atoms with E-state index in [1.165, 1.54) is 54.3 Å². The first kappa shape index (κ1) is 18.0. The summed E-state index contributed by atoms with van der Waals surface area (Å²) in [4.78, 5) is 26.2. The van der Waals surface area contributed by atoms with Gasteiger partial charge in [0.15, 0.2) is 5.16 Å². The van der Waals surface area contributed by atoms with Gasteiger partial charge < -0.3 is 10.6 Å². The first-order chi connectivity index (χ1) is 12.7. The Hall–Kier alpha value is -1.34. The van der Waals surface area contributed by atoms with Gasteiger partial charge in [-0.1, -0.05) is 31.0 Å². The minimum atomic E-state index is 0.199. The minimum Gasteiger partial charge on any atom is -0.383 e. The van der Waals surface area contributed by atoms with Crippen molar-refractivity contribution in [2.45, 2.75) is 62.9 Å². The standard InChI is InChI=1S/C19H26N4OS2/c20-17-16-13-8-4-5-9-14(13)26-18(16)22-19(21-17)25-12-15(24)23-10-6-2-1-3-7-11-23/h1-12H2,(H2,20,21,22). The van der Waals surface area contributed by atoms with Crippen molar-refractivity contribution >= 4 is 45.0 Å². The Morgan fingerprint density at radius 2 is 1.77 bits per heavy atom. The fraction of sp³-hybridized carbons (Fsp3) is 0.632. The van der Waals surface area contributed by atoms with Crippen molar-refractivity contribution < 1.29 is 4.79 Å². The van der Waals surface area contributed by atoms with Crippen LogP contribution in [-0.4, -0.2) is 39.6 Å². The molecule has 140 valence electrons. The number of nitrogen functional groups attached to an aromatic ring is 1. The molecule has 2 aliphatic rings. The molecule has 1 saturated heterocycles. The zero-order valence-electron chi connectivity index (χ0n) is 15.1. The van der Waals surface area contributed by atoms with E-state index in [2.05, 4.69) is 4.98 Å². The maximum atomic E-state index is 12.6. The second kappa shape index (κ2) is 8.13. The van der Waals surface area contributed by atoms with E-state index in [4.69, 9.17) is 10.7 Å². The third-order valence-corrected chi connectivity index (χ3v) is 7.37. The molecular formula is C19H26N4OS2. The van der Waals surface area contributed by atoms with Gasteiger partial charge in [-0.3, -0.25) is 4.79 Å². The van der Waals surface area contributed by atoms with E-state index in [-0.39, 0.29) is 5.91 Å². The summed E-state index contributed by atoms with van der Waals surface area (Å²) in [6.07, 6.45) is 10.7. The zero-order valence-corrected chi connectivity index (χ0v) is 16.8. The third-order valence-electron chi connectivity index (χ3n) is 5.36. The van der Waals surface area contributed by atoms with E-state index in [0.29, 0.717) is 16.7 Å². The lowest BCUT2D eigenvalue weighted by molar-refractivity contribution is -0.128. The molecule has 1 aliphatic heterocycles. The average molecular weight is 391 g/mol. The molecular weight excluding hydrogens is 364 g/mol. The largest absolute Gasteiger partial charge is 0.383 e. The molecule has 0 atom stereocenters. The molecule has 2 aromatic heterocycles. The van der Waals surface area contributed by atoms with Crippen LogP contribution in [0.5, 0.6) is 0 Å². The van der Waals surface area contributed by atoms with Crippen molar-refractivity contribution in [3.8, 4) is 0 Å². The Bertz CT molecular complexity index is 796. The van der Waals surface area contributed by atoms with Crippen molar-refractivity contribution in [1.29, 1.82) is 0 Å². The molecule has 1 fully saturated rings. The first-order valence-corrected chi connectivity index (χ1v) is 11.5. The normalized spacial score (nSPS) is 18.4. The number of thioether (sulfide) groups is 1. The fourth-order valence-corrected chi connectivity index (χ4v) is 6.02. The smallest absolute Gasteiger partial charge is 0.233 e. The number of fused-ring (bicyclic) bond motifs is 3. The molecule has 0 radical (unpaired) electrons. The number of anilines is 1. The van der Waals surface area contributed by atoms with Crippen LogP contribution in [0.2, 0.25) is 0 Å². The lowest BCUT2D eigenvalue weighted by atomic mass is 9.97. The Morgan fingerprint density at radius 3 is 2.58 bits per heavy atom. The molecule has 4 rings (SSSR count). The van der Waals surface area contributed by atoms with Gasteiger partial charge in [-0.25, -0.2) is 9.97 Å². The Balaban J connectivity index is 1.46. The molecule has 0 aromatic carbocycles. The summed E-state index contributed by atoms with van der Waals surface area (Å²) in [5.41, 5.74) is 7.62. The predicted molar refractivity (Wildman–Crippen MR) is 109 cm³/mol.